The molecule has 134 valence electrons. The molecular weight excluding hydrogens is 360 g/mol. The molecule has 27 heavy (non-hydrogen) atoms. The Bertz CT molecular complexity index is 1170. The first-order valence-corrected chi connectivity index (χ1v) is 9.35. The zero-order valence-electron chi connectivity index (χ0n) is 14.5. The molecule has 2 heterocycles. The lowest BCUT2D eigenvalue weighted by Crippen LogP contribution is -2.14. The number of amides is 1. The van der Waals surface area contributed by atoms with Crippen LogP contribution in [0.4, 0.5) is 5.69 Å². The standard InChI is InChI=1S/C20H16N4O2S/c1-12(25)13-5-4-6-14(9-13)23-17(26)10-27-20-19-18(21-11-22-20)15-7-2-3-8-16(15)24-19/h2-9,11,24H,10H2,1H3,(H,23,26). The van der Waals surface area contributed by atoms with Crippen molar-refractivity contribution in [1.82, 2.24) is 15.0 Å². The molecule has 0 spiro atoms. The molecule has 2 aromatic heterocycles. The van der Waals surface area contributed by atoms with Crippen molar-refractivity contribution in [2.75, 3.05) is 11.1 Å². The van der Waals surface area contributed by atoms with Crippen molar-refractivity contribution in [1.29, 1.82) is 0 Å². The zero-order valence-corrected chi connectivity index (χ0v) is 15.3. The Morgan fingerprint density at radius 3 is 2.81 bits per heavy atom. The third-order valence-corrected chi connectivity index (χ3v) is 5.14. The Morgan fingerprint density at radius 2 is 1.96 bits per heavy atom. The molecule has 0 saturated carbocycles. The summed E-state index contributed by atoms with van der Waals surface area (Å²) in [6, 6.07) is 14.8. The van der Waals surface area contributed by atoms with Crippen LogP contribution in [-0.4, -0.2) is 32.4 Å². The van der Waals surface area contributed by atoms with Gasteiger partial charge in [-0.3, -0.25) is 9.59 Å². The van der Waals surface area contributed by atoms with Gasteiger partial charge in [0, 0.05) is 22.2 Å². The number of fused-ring (bicyclic) bond motifs is 3. The van der Waals surface area contributed by atoms with E-state index in [0.29, 0.717) is 11.3 Å². The number of rotatable bonds is 5. The molecule has 1 amide bonds. The fourth-order valence-corrected chi connectivity index (χ4v) is 3.63. The second-order valence-electron chi connectivity index (χ2n) is 6.05. The molecule has 0 aliphatic heterocycles. The fourth-order valence-electron chi connectivity index (χ4n) is 2.88. The maximum absolute atomic E-state index is 12.3. The molecule has 0 fully saturated rings. The van der Waals surface area contributed by atoms with Gasteiger partial charge in [-0.1, -0.05) is 42.1 Å². The summed E-state index contributed by atoms with van der Waals surface area (Å²) < 4.78 is 0. The molecule has 6 nitrogen and oxygen atoms in total. The third-order valence-electron chi connectivity index (χ3n) is 4.15. The monoisotopic (exact) mass is 376 g/mol. The van der Waals surface area contributed by atoms with Crippen LogP contribution in [0.15, 0.2) is 59.9 Å². The van der Waals surface area contributed by atoms with E-state index in [1.165, 1.54) is 25.0 Å². The van der Waals surface area contributed by atoms with E-state index < -0.39 is 0 Å². The van der Waals surface area contributed by atoms with E-state index in [9.17, 15) is 9.59 Å². The molecule has 0 aliphatic rings. The van der Waals surface area contributed by atoms with Gasteiger partial charge in [0.1, 0.15) is 16.9 Å². The number of ketones is 1. The highest BCUT2D eigenvalue weighted by molar-refractivity contribution is 8.00. The fraction of sp³-hybridized carbons (Fsp3) is 0.100. The molecule has 0 bridgehead atoms. The van der Waals surface area contributed by atoms with Gasteiger partial charge in [0.2, 0.25) is 5.91 Å². The zero-order chi connectivity index (χ0) is 18.8. The van der Waals surface area contributed by atoms with Crippen molar-refractivity contribution in [2.24, 2.45) is 0 Å². The minimum Gasteiger partial charge on any atom is -0.351 e. The Hall–Kier alpha value is -3.19. The number of aromatic amines is 1. The van der Waals surface area contributed by atoms with Gasteiger partial charge < -0.3 is 10.3 Å². The highest BCUT2D eigenvalue weighted by Gasteiger charge is 2.12. The second-order valence-corrected chi connectivity index (χ2v) is 7.01. The summed E-state index contributed by atoms with van der Waals surface area (Å²) in [5.41, 5.74) is 3.83. The molecule has 0 radical (unpaired) electrons. The lowest BCUT2D eigenvalue weighted by atomic mass is 10.1. The largest absolute Gasteiger partial charge is 0.351 e. The number of carbonyl (C=O) groups excluding carboxylic acids is 2. The molecule has 4 aromatic rings. The molecule has 4 rings (SSSR count). The van der Waals surface area contributed by atoms with Crippen LogP contribution in [0.25, 0.3) is 21.9 Å². The minimum atomic E-state index is -0.163. The first kappa shape index (κ1) is 17.2. The highest BCUT2D eigenvalue weighted by Crippen LogP contribution is 2.29. The van der Waals surface area contributed by atoms with Gasteiger partial charge in [-0.05, 0) is 25.1 Å². The molecular formula is C20H16N4O2S. The van der Waals surface area contributed by atoms with E-state index in [1.807, 2.05) is 24.3 Å². The van der Waals surface area contributed by atoms with Crippen LogP contribution in [0.5, 0.6) is 0 Å². The number of H-pyrrole nitrogens is 1. The Labute approximate surface area is 159 Å². The van der Waals surface area contributed by atoms with Crippen LogP contribution in [0.2, 0.25) is 0 Å². The maximum Gasteiger partial charge on any atom is 0.234 e. The summed E-state index contributed by atoms with van der Waals surface area (Å²) in [5.74, 6) is -0.00238. The van der Waals surface area contributed by atoms with Crippen LogP contribution in [-0.2, 0) is 4.79 Å². The lowest BCUT2D eigenvalue weighted by Gasteiger charge is -2.06. The number of para-hydroxylation sites is 1. The van der Waals surface area contributed by atoms with Crippen molar-refractivity contribution in [3.8, 4) is 0 Å². The molecule has 7 heteroatoms. The number of nitrogens with one attached hydrogen (secondary N) is 2. The number of thioether (sulfide) groups is 1. The SMILES string of the molecule is CC(=O)c1cccc(NC(=O)CSc2ncnc3c2[nH]c2ccccc23)c1. The summed E-state index contributed by atoms with van der Waals surface area (Å²) in [7, 11) is 0. The van der Waals surface area contributed by atoms with Crippen LogP contribution in [0.1, 0.15) is 17.3 Å². The summed E-state index contributed by atoms with van der Waals surface area (Å²) >= 11 is 1.34. The molecule has 0 unspecified atom stereocenters. The van der Waals surface area contributed by atoms with E-state index >= 15 is 0 Å². The number of benzene rings is 2. The number of hydrogen-bond acceptors (Lipinski definition) is 5. The van der Waals surface area contributed by atoms with Crippen molar-refractivity contribution >= 4 is 51.1 Å². The number of carbonyl (C=O) groups is 2. The number of anilines is 1. The van der Waals surface area contributed by atoms with E-state index in [4.69, 9.17) is 0 Å². The maximum atomic E-state index is 12.3. The van der Waals surface area contributed by atoms with Gasteiger partial charge in [0.15, 0.2) is 5.78 Å². The molecule has 0 saturated heterocycles. The first-order chi connectivity index (χ1) is 13.1. The minimum absolute atomic E-state index is 0.0392. The topological polar surface area (TPSA) is 87.7 Å². The quantitative estimate of drug-likeness (QED) is 0.312. The lowest BCUT2D eigenvalue weighted by molar-refractivity contribution is -0.113. The number of aromatic nitrogens is 3. The summed E-state index contributed by atoms with van der Waals surface area (Å²) in [6.45, 7) is 1.50. The van der Waals surface area contributed by atoms with E-state index in [-0.39, 0.29) is 17.4 Å². The average Bonchev–Trinajstić information content (AvgIpc) is 3.06. The predicted octanol–water partition coefficient (Wildman–Crippen LogP) is 4.04. The number of hydrogen-bond donors (Lipinski definition) is 2. The van der Waals surface area contributed by atoms with Gasteiger partial charge in [-0.25, -0.2) is 9.97 Å². The van der Waals surface area contributed by atoms with Crippen LogP contribution in [0.3, 0.4) is 0 Å². The van der Waals surface area contributed by atoms with Crippen LogP contribution < -0.4 is 5.32 Å². The van der Waals surface area contributed by atoms with E-state index in [2.05, 4.69) is 20.3 Å². The van der Waals surface area contributed by atoms with Gasteiger partial charge in [0.25, 0.3) is 0 Å². The van der Waals surface area contributed by atoms with Crippen molar-refractivity contribution < 1.29 is 9.59 Å². The van der Waals surface area contributed by atoms with Gasteiger partial charge in [-0.15, -0.1) is 0 Å². The number of Topliss-reactive ketones (excluding diaryl/α,β-unsaturated/α-hetero) is 1. The van der Waals surface area contributed by atoms with Gasteiger partial charge in [0.05, 0.1) is 11.3 Å². The summed E-state index contributed by atoms with van der Waals surface area (Å²) in [5, 5.41) is 4.57. The van der Waals surface area contributed by atoms with Gasteiger partial charge in [-0.2, -0.15) is 0 Å². The van der Waals surface area contributed by atoms with E-state index in [1.54, 1.807) is 24.3 Å². The van der Waals surface area contributed by atoms with E-state index in [0.717, 1.165) is 27.0 Å². The first-order valence-electron chi connectivity index (χ1n) is 8.37. The van der Waals surface area contributed by atoms with Crippen LogP contribution in [0, 0.1) is 0 Å². The summed E-state index contributed by atoms with van der Waals surface area (Å²) in [6.07, 6.45) is 1.51. The third kappa shape index (κ3) is 3.54. The second kappa shape index (κ2) is 7.20. The Balaban J connectivity index is 1.51. The van der Waals surface area contributed by atoms with Crippen molar-refractivity contribution in [3.63, 3.8) is 0 Å². The summed E-state index contributed by atoms with van der Waals surface area (Å²) in [4.78, 5) is 35.8. The predicted molar refractivity (Wildman–Crippen MR) is 107 cm³/mol. The normalized spacial score (nSPS) is 11.0. The highest BCUT2D eigenvalue weighted by atomic mass is 32.2. The smallest absolute Gasteiger partial charge is 0.234 e. The molecule has 0 atom stereocenters. The molecule has 2 N–H and O–H groups in total. The number of nitrogens with zero attached hydrogens (tertiary/aromatic N) is 2. The van der Waals surface area contributed by atoms with Crippen molar-refractivity contribution in [3.05, 3.63) is 60.4 Å². The van der Waals surface area contributed by atoms with Gasteiger partial charge >= 0.3 is 0 Å². The average molecular weight is 376 g/mol. The van der Waals surface area contributed by atoms with Crippen LogP contribution >= 0.6 is 11.8 Å². The Morgan fingerprint density at radius 1 is 1.11 bits per heavy atom. The van der Waals surface area contributed by atoms with Crippen molar-refractivity contribution in [2.45, 2.75) is 11.9 Å². The molecule has 0 aliphatic carbocycles. The molecule has 2 aromatic carbocycles. The Kier molecular flexibility index (Phi) is 4.60.